The molecular formula is C7H10O4S. The molecule has 5 heteroatoms. The molecule has 0 bridgehead atoms. The maximum Gasteiger partial charge on any atom is 0.330 e. The number of hydrogen-bond donors (Lipinski definition) is 3. The summed E-state index contributed by atoms with van der Waals surface area (Å²) in [7, 11) is 0. The number of rotatable bonds is 4. The molecule has 0 radical (unpaired) electrons. The summed E-state index contributed by atoms with van der Waals surface area (Å²) in [5, 5.41) is 16.9. The molecule has 0 heterocycles. The predicted octanol–water partition coefficient (Wildman–Crippen LogP) is 0.648. The molecule has 0 aliphatic heterocycles. The van der Waals surface area contributed by atoms with Crippen LogP contribution < -0.4 is 0 Å². The lowest BCUT2D eigenvalue weighted by Crippen LogP contribution is -2.14. The van der Waals surface area contributed by atoms with E-state index in [-0.39, 0.29) is 11.3 Å². The van der Waals surface area contributed by atoms with Crippen molar-refractivity contribution >= 4 is 24.6 Å². The van der Waals surface area contributed by atoms with E-state index in [1.807, 2.05) is 0 Å². The zero-order chi connectivity index (χ0) is 9.72. The van der Waals surface area contributed by atoms with E-state index in [1.165, 1.54) is 13.0 Å². The van der Waals surface area contributed by atoms with Crippen molar-refractivity contribution in [1.82, 2.24) is 0 Å². The third kappa shape index (κ3) is 3.43. The van der Waals surface area contributed by atoms with E-state index >= 15 is 0 Å². The molecule has 68 valence electrons. The molecule has 0 amide bonds. The largest absolute Gasteiger partial charge is 0.481 e. The van der Waals surface area contributed by atoms with Crippen LogP contribution in [0.3, 0.4) is 0 Å². The first-order chi connectivity index (χ1) is 5.49. The first kappa shape index (κ1) is 11.0. The van der Waals surface area contributed by atoms with Crippen molar-refractivity contribution in [2.75, 3.05) is 5.75 Å². The molecule has 1 unspecified atom stereocenters. The van der Waals surface area contributed by atoms with Crippen molar-refractivity contribution in [1.29, 1.82) is 0 Å². The van der Waals surface area contributed by atoms with Gasteiger partial charge in [0.2, 0.25) is 0 Å². The fourth-order valence-electron chi connectivity index (χ4n) is 0.575. The minimum atomic E-state index is -1.11. The van der Waals surface area contributed by atoms with Gasteiger partial charge in [-0.1, -0.05) is 6.08 Å². The molecule has 0 fully saturated rings. The summed E-state index contributed by atoms with van der Waals surface area (Å²) in [6.45, 7) is 1.35. The molecule has 4 nitrogen and oxygen atoms in total. The Morgan fingerprint density at radius 3 is 2.25 bits per heavy atom. The molecule has 1 atom stereocenters. The maximum absolute atomic E-state index is 10.4. The van der Waals surface area contributed by atoms with Gasteiger partial charge in [0, 0.05) is 11.3 Å². The predicted molar refractivity (Wildman–Crippen MR) is 46.4 cm³/mol. The Bertz CT molecular complexity index is 221. The van der Waals surface area contributed by atoms with Gasteiger partial charge >= 0.3 is 11.9 Å². The Kier molecular flexibility index (Phi) is 4.43. The van der Waals surface area contributed by atoms with E-state index in [4.69, 9.17) is 10.2 Å². The summed E-state index contributed by atoms with van der Waals surface area (Å²) in [4.78, 5) is 20.7. The molecule has 0 aliphatic carbocycles. The number of aliphatic carboxylic acids is 2. The molecule has 0 aromatic heterocycles. The van der Waals surface area contributed by atoms with Gasteiger partial charge in [-0.3, -0.25) is 4.79 Å². The minimum Gasteiger partial charge on any atom is -0.481 e. The molecule has 12 heavy (non-hydrogen) atoms. The van der Waals surface area contributed by atoms with E-state index in [2.05, 4.69) is 12.6 Å². The fourth-order valence-corrected chi connectivity index (χ4v) is 0.837. The van der Waals surface area contributed by atoms with Crippen LogP contribution in [-0.2, 0) is 9.59 Å². The van der Waals surface area contributed by atoms with E-state index in [1.54, 1.807) is 0 Å². The topological polar surface area (TPSA) is 74.6 Å². The van der Waals surface area contributed by atoms with Crippen LogP contribution in [0.5, 0.6) is 0 Å². The highest BCUT2D eigenvalue weighted by atomic mass is 32.1. The average Bonchev–Trinajstić information content (AvgIpc) is 1.98. The van der Waals surface area contributed by atoms with Crippen LogP contribution in [0.15, 0.2) is 11.6 Å². The van der Waals surface area contributed by atoms with Crippen LogP contribution in [0.4, 0.5) is 0 Å². The molecule has 0 saturated heterocycles. The Balaban J connectivity index is 4.46. The summed E-state index contributed by atoms with van der Waals surface area (Å²) in [5.74, 6) is -2.90. The summed E-state index contributed by atoms with van der Waals surface area (Å²) < 4.78 is 0. The Labute approximate surface area is 75.3 Å². The third-order valence-electron chi connectivity index (χ3n) is 1.30. The maximum atomic E-state index is 10.4. The lowest BCUT2D eigenvalue weighted by molar-refractivity contribution is -0.139. The quantitative estimate of drug-likeness (QED) is 0.449. The smallest absolute Gasteiger partial charge is 0.330 e. The fraction of sp³-hybridized carbons (Fsp3) is 0.429. The Hall–Kier alpha value is -0.970. The Morgan fingerprint density at radius 1 is 1.50 bits per heavy atom. The van der Waals surface area contributed by atoms with Gasteiger partial charge in [0.1, 0.15) is 0 Å². The molecular weight excluding hydrogens is 180 g/mol. The second kappa shape index (κ2) is 4.82. The molecule has 2 N–H and O–H groups in total. The lowest BCUT2D eigenvalue weighted by atomic mass is 10.1. The normalized spacial score (nSPS) is 14.0. The highest BCUT2D eigenvalue weighted by Crippen LogP contribution is 2.06. The van der Waals surface area contributed by atoms with Crippen molar-refractivity contribution in [2.24, 2.45) is 5.92 Å². The van der Waals surface area contributed by atoms with Gasteiger partial charge in [0.25, 0.3) is 0 Å². The summed E-state index contributed by atoms with van der Waals surface area (Å²) in [6, 6.07) is 0. The van der Waals surface area contributed by atoms with Crippen LogP contribution in [-0.4, -0.2) is 27.9 Å². The van der Waals surface area contributed by atoms with Gasteiger partial charge in [-0.25, -0.2) is 4.79 Å². The highest BCUT2D eigenvalue weighted by molar-refractivity contribution is 7.80. The van der Waals surface area contributed by atoms with Crippen LogP contribution in [0.2, 0.25) is 0 Å². The molecule has 0 spiro atoms. The summed E-state index contributed by atoms with van der Waals surface area (Å²) in [6.07, 6.45) is 1.18. The van der Waals surface area contributed by atoms with E-state index in [0.717, 1.165) is 0 Å². The summed E-state index contributed by atoms with van der Waals surface area (Å²) in [5.41, 5.74) is 0.0245. The van der Waals surface area contributed by atoms with E-state index in [0.29, 0.717) is 0 Å². The monoisotopic (exact) mass is 190 g/mol. The number of carbonyl (C=O) groups is 2. The molecule has 0 rings (SSSR count). The number of carboxylic acids is 2. The number of hydrogen-bond acceptors (Lipinski definition) is 3. The summed E-state index contributed by atoms with van der Waals surface area (Å²) >= 11 is 3.78. The number of thiol groups is 1. The first-order valence-electron chi connectivity index (χ1n) is 3.24. The zero-order valence-electron chi connectivity index (χ0n) is 6.52. The second-order valence-electron chi connectivity index (χ2n) is 2.28. The van der Waals surface area contributed by atoms with Crippen molar-refractivity contribution < 1.29 is 19.8 Å². The van der Waals surface area contributed by atoms with Crippen LogP contribution >= 0.6 is 12.6 Å². The third-order valence-corrected chi connectivity index (χ3v) is 1.70. The van der Waals surface area contributed by atoms with Crippen LogP contribution in [0.25, 0.3) is 0 Å². The number of carboxylic acid groups (broad SMARTS) is 2. The zero-order valence-corrected chi connectivity index (χ0v) is 7.41. The minimum absolute atomic E-state index is 0.0245. The van der Waals surface area contributed by atoms with Gasteiger partial charge < -0.3 is 10.2 Å². The molecule has 0 aliphatic rings. The Morgan fingerprint density at radius 2 is 2.00 bits per heavy atom. The van der Waals surface area contributed by atoms with Gasteiger partial charge in [0.05, 0.1) is 5.92 Å². The molecule has 0 aromatic rings. The van der Waals surface area contributed by atoms with Crippen molar-refractivity contribution in [3.8, 4) is 0 Å². The van der Waals surface area contributed by atoms with E-state index < -0.39 is 17.9 Å². The van der Waals surface area contributed by atoms with Crippen LogP contribution in [0.1, 0.15) is 6.92 Å². The van der Waals surface area contributed by atoms with Gasteiger partial charge in [-0.05, 0) is 6.92 Å². The lowest BCUT2D eigenvalue weighted by Gasteiger charge is -2.02. The molecule has 0 saturated carbocycles. The van der Waals surface area contributed by atoms with Crippen molar-refractivity contribution in [2.45, 2.75) is 6.92 Å². The van der Waals surface area contributed by atoms with Gasteiger partial charge in [0.15, 0.2) is 0 Å². The van der Waals surface area contributed by atoms with Crippen LogP contribution in [0, 0.1) is 5.92 Å². The molecule has 0 aromatic carbocycles. The van der Waals surface area contributed by atoms with E-state index in [9.17, 15) is 9.59 Å². The van der Waals surface area contributed by atoms with Gasteiger partial charge in [-0.15, -0.1) is 0 Å². The standard InChI is InChI=1S/C7H10O4S/c1-4(6(8)9)2-5(3-12)7(10)11/h2,5,12H,3H2,1H3,(H,8,9)(H,10,11). The van der Waals surface area contributed by atoms with Crippen molar-refractivity contribution in [3.05, 3.63) is 11.6 Å². The van der Waals surface area contributed by atoms with Gasteiger partial charge in [-0.2, -0.15) is 12.6 Å². The second-order valence-corrected chi connectivity index (χ2v) is 2.65. The highest BCUT2D eigenvalue weighted by Gasteiger charge is 2.14. The first-order valence-corrected chi connectivity index (χ1v) is 3.87. The van der Waals surface area contributed by atoms with Crippen molar-refractivity contribution in [3.63, 3.8) is 0 Å². The average molecular weight is 190 g/mol. The SMILES string of the molecule is CC(=CC(CS)C(=O)O)C(=O)O.